The van der Waals surface area contributed by atoms with Gasteiger partial charge < -0.3 is 15.2 Å². The smallest absolute Gasteiger partial charge is 0.312 e. The molecular weight excluding hydrogens is 182 g/mol. The van der Waals surface area contributed by atoms with E-state index in [9.17, 15) is 4.79 Å². The van der Waals surface area contributed by atoms with Crippen molar-refractivity contribution < 1.29 is 14.3 Å². The highest BCUT2D eigenvalue weighted by Gasteiger charge is 2.27. The molecule has 0 atom stereocenters. The van der Waals surface area contributed by atoms with Gasteiger partial charge in [0.2, 0.25) is 0 Å². The first-order valence-corrected chi connectivity index (χ1v) is 4.99. The molecule has 0 aliphatic carbocycles. The van der Waals surface area contributed by atoms with Crippen molar-refractivity contribution in [1.29, 1.82) is 0 Å². The first kappa shape index (κ1) is 13.4. The molecule has 2 N–H and O–H groups in total. The van der Waals surface area contributed by atoms with Gasteiger partial charge in [-0.25, -0.2) is 0 Å². The van der Waals surface area contributed by atoms with Gasteiger partial charge in [-0.1, -0.05) is 6.92 Å². The summed E-state index contributed by atoms with van der Waals surface area (Å²) in [5.41, 5.74) is 4.83. The Balaban J connectivity index is 3.54. The summed E-state index contributed by atoms with van der Waals surface area (Å²) in [6.07, 6.45) is 0.974. The van der Waals surface area contributed by atoms with Crippen LogP contribution in [-0.2, 0) is 14.3 Å². The van der Waals surface area contributed by atoms with Crippen molar-refractivity contribution >= 4 is 5.97 Å². The fraction of sp³-hybridized carbons (Fsp3) is 0.900. The monoisotopic (exact) mass is 203 g/mol. The lowest BCUT2D eigenvalue weighted by molar-refractivity contribution is -0.154. The van der Waals surface area contributed by atoms with Crippen molar-refractivity contribution in [3.63, 3.8) is 0 Å². The average Bonchev–Trinajstić information content (AvgIpc) is 2.17. The lowest BCUT2D eigenvalue weighted by Crippen LogP contribution is -2.34. The quantitative estimate of drug-likeness (QED) is 0.494. The molecule has 0 fully saturated rings. The molecule has 0 aliphatic heterocycles. The molecule has 4 heteroatoms. The molecule has 0 unspecified atom stereocenters. The average molecular weight is 203 g/mol. The summed E-state index contributed by atoms with van der Waals surface area (Å²) in [7, 11) is 0. The van der Waals surface area contributed by atoms with Crippen LogP contribution in [0, 0.1) is 5.41 Å². The molecule has 0 aromatic rings. The van der Waals surface area contributed by atoms with E-state index >= 15 is 0 Å². The molecule has 0 spiro atoms. The molecule has 0 aromatic heterocycles. The number of rotatable bonds is 7. The lowest BCUT2D eigenvalue weighted by atomic mass is 9.94. The van der Waals surface area contributed by atoms with Crippen LogP contribution in [-0.4, -0.2) is 32.3 Å². The molecule has 0 bridgehead atoms. The number of esters is 1. The van der Waals surface area contributed by atoms with Crippen LogP contribution in [0.2, 0.25) is 0 Å². The second-order valence-corrected chi connectivity index (χ2v) is 3.84. The molecule has 0 saturated heterocycles. The predicted molar refractivity (Wildman–Crippen MR) is 54.9 cm³/mol. The van der Waals surface area contributed by atoms with E-state index in [4.69, 9.17) is 15.2 Å². The van der Waals surface area contributed by atoms with Crippen molar-refractivity contribution in [2.75, 3.05) is 26.4 Å². The summed E-state index contributed by atoms with van der Waals surface area (Å²) in [6.45, 7) is 7.33. The fourth-order valence-electron chi connectivity index (χ4n) is 0.718. The van der Waals surface area contributed by atoms with Crippen LogP contribution in [0.4, 0.5) is 0 Å². The number of hydrogen-bond acceptors (Lipinski definition) is 4. The molecule has 0 radical (unpaired) electrons. The van der Waals surface area contributed by atoms with Gasteiger partial charge in [-0.2, -0.15) is 0 Å². The number of hydrogen-bond donors (Lipinski definition) is 1. The Labute approximate surface area is 85.8 Å². The van der Waals surface area contributed by atoms with Gasteiger partial charge in [-0.15, -0.1) is 0 Å². The van der Waals surface area contributed by atoms with Crippen LogP contribution in [0.1, 0.15) is 27.2 Å². The first-order valence-electron chi connectivity index (χ1n) is 4.99. The highest BCUT2D eigenvalue weighted by molar-refractivity contribution is 5.76. The Kier molecular flexibility index (Phi) is 6.49. The molecular formula is C10H21NO3. The summed E-state index contributed by atoms with van der Waals surface area (Å²) in [5, 5.41) is 0. The van der Waals surface area contributed by atoms with Crippen molar-refractivity contribution in [3.8, 4) is 0 Å². The van der Waals surface area contributed by atoms with Gasteiger partial charge in [0.05, 0.1) is 12.0 Å². The van der Waals surface area contributed by atoms with Gasteiger partial charge in [0.25, 0.3) is 0 Å². The standard InChI is InChI=1S/C10H21NO3/c1-4-5-13-6-7-14-9(12)10(2,3)8-11/h4-8,11H2,1-3H3. The van der Waals surface area contributed by atoms with E-state index in [1.807, 2.05) is 6.92 Å². The van der Waals surface area contributed by atoms with Crippen LogP contribution in [0.3, 0.4) is 0 Å². The second-order valence-electron chi connectivity index (χ2n) is 3.84. The zero-order valence-corrected chi connectivity index (χ0v) is 9.34. The highest BCUT2D eigenvalue weighted by Crippen LogP contribution is 2.14. The maximum atomic E-state index is 11.4. The molecule has 0 aliphatic rings. The van der Waals surface area contributed by atoms with Crippen molar-refractivity contribution in [2.45, 2.75) is 27.2 Å². The maximum absolute atomic E-state index is 11.4. The predicted octanol–water partition coefficient (Wildman–Crippen LogP) is 0.941. The molecule has 0 saturated carbocycles. The maximum Gasteiger partial charge on any atom is 0.312 e. The Morgan fingerprint density at radius 3 is 2.43 bits per heavy atom. The van der Waals surface area contributed by atoms with Crippen LogP contribution in [0.5, 0.6) is 0 Å². The Morgan fingerprint density at radius 2 is 1.93 bits per heavy atom. The van der Waals surface area contributed by atoms with E-state index in [1.165, 1.54) is 0 Å². The number of ether oxygens (including phenoxy) is 2. The molecule has 0 aromatic carbocycles. The number of carbonyl (C=O) groups is 1. The third-order valence-electron chi connectivity index (χ3n) is 1.87. The van der Waals surface area contributed by atoms with Crippen molar-refractivity contribution in [3.05, 3.63) is 0 Å². The molecule has 0 heterocycles. The minimum Gasteiger partial charge on any atom is -0.463 e. The fourth-order valence-corrected chi connectivity index (χ4v) is 0.718. The summed E-state index contributed by atoms with van der Waals surface area (Å²) in [6, 6.07) is 0. The SMILES string of the molecule is CCCOCCOC(=O)C(C)(C)CN. The molecule has 0 amide bonds. The zero-order valence-electron chi connectivity index (χ0n) is 9.34. The van der Waals surface area contributed by atoms with E-state index in [-0.39, 0.29) is 5.97 Å². The van der Waals surface area contributed by atoms with Crippen LogP contribution < -0.4 is 5.73 Å². The minimum absolute atomic E-state index is 0.264. The van der Waals surface area contributed by atoms with Gasteiger partial charge >= 0.3 is 5.97 Å². The Hall–Kier alpha value is -0.610. The van der Waals surface area contributed by atoms with Crippen molar-refractivity contribution in [2.24, 2.45) is 11.1 Å². The second kappa shape index (κ2) is 6.79. The van der Waals surface area contributed by atoms with Crippen LogP contribution in [0.15, 0.2) is 0 Å². The number of carbonyl (C=O) groups excluding carboxylic acids is 1. The largest absolute Gasteiger partial charge is 0.463 e. The summed E-state index contributed by atoms with van der Waals surface area (Å²) >= 11 is 0. The van der Waals surface area contributed by atoms with Gasteiger partial charge in [0.15, 0.2) is 0 Å². The third-order valence-corrected chi connectivity index (χ3v) is 1.87. The van der Waals surface area contributed by atoms with Crippen LogP contribution >= 0.6 is 0 Å². The van der Waals surface area contributed by atoms with E-state index < -0.39 is 5.41 Å². The molecule has 14 heavy (non-hydrogen) atoms. The van der Waals surface area contributed by atoms with E-state index in [0.717, 1.165) is 6.42 Å². The normalized spacial score (nSPS) is 11.4. The Bertz CT molecular complexity index is 169. The first-order chi connectivity index (χ1) is 6.54. The highest BCUT2D eigenvalue weighted by atomic mass is 16.6. The van der Waals surface area contributed by atoms with E-state index in [1.54, 1.807) is 13.8 Å². The Morgan fingerprint density at radius 1 is 1.29 bits per heavy atom. The molecule has 0 rings (SSSR count). The van der Waals surface area contributed by atoms with Crippen LogP contribution in [0.25, 0.3) is 0 Å². The topological polar surface area (TPSA) is 61.5 Å². The summed E-state index contributed by atoms with van der Waals surface area (Å²) < 4.78 is 10.2. The van der Waals surface area contributed by atoms with Crippen molar-refractivity contribution in [1.82, 2.24) is 0 Å². The molecule has 84 valence electrons. The minimum atomic E-state index is -0.593. The molecule has 4 nitrogen and oxygen atoms in total. The van der Waals surface area contributed by atoms with Gasteiger partial charge in [0.1, 0.15) is 6.61 Å². The lowest BCUT2D eigenvalue weighted by Gasteiger charge is -2.19. The van der Waals surface area contributed by atoms with Gasteiger partial charge in [-0.05, 0) is 20.3 Å². The van der Waals surface area contributed by atoms with E-state index in [0.29, 0.717) is 26.4 Å². The van der Waals surface area contributed by atoms with E-state index in [2.05, 4.69) is 0 Å². The number of nitrogens with two attached hydrogens (primary N) is 1. The van der Waals surface area contributed by atoms with Gasteiger partial charge in [-0.3, -0.25) is 4.79 Å². The summed E-state index contributed by atoms with van der Waals surface area (Å²) in [5.74, 6) is -0.264. The summed E-state index contributed by atoms with van der Waals surface area (Å²) in [4.78, 5) is 11.4. The van der Waals surface area contributed by atoms with Gasteiger partial charge in [0, 0.05) is 13.2 Å². The third kappa shape index (κ3) is 5.19. The zero-order chi connectivity index (χ0) is 11.0.